The van der Waals surface area contributed by atoms with E-state index in [1.165, 1.54) is 0 Å². The zero-order chi connectivity index (χ0) is 23.7. The van der Waals surface area contributed by atoms with Gasteiger partial charge >= 0.3 is 0 Å². The highest BCUT2D eigenvalue weighted by atomic mass is 16.5. The summed E-state index contributed by atoms with van der Waals surface area (Å²) in [5.74, 6) is 0.437. The van der Waals surface area contributed by atoms with Gasteiger partial charge < -0.3 is 15.0 Å². The first kappa shape index (κ1) is 25.4. The van der Waals surface area contributed by atoms with Crippen LogP contribution in [0, 0.1) is 20.8 Å². The van der Waals surface area contributed by atoms with Gasteiger partial charge in [0.1, 0.15) is 11.8 Å². The van der Waals surface area contributed by atoms with Gasteiger partial charge in [0, 0.05) is 12.6 Å². The lowest BCUT2D eigenvalue weighted by Gasteiger charge is -2.31. The largest absolute Gasteiger partial charge is 0.483 e. The van der Waals surface area contributed by atoms with Crippen LogP contribution in [0.4, 0.5) is 0 Å². The standard InChI is InChI=1S/C27H38N2O3/c1-7-21(5)28-27(31)24(8-2)29(15-14-23-12-10-9-11-13-23)26(30)18-32-25-17-19(3)16-20(4)22(25)6/h9-13,16-17,21,24H,7-8,14-15,18H2,1-6H3,(H,28,31)/t21-,24-/m1/s1. The summed E-state index contributed by atoms with van der Waals surface area (Å²) in [6.45, 7) is 12.4. The van der Waals surface area contributed by atoms with Crippen molar-refractivity contribution in [2.24, 2.45) is 0 Å². The molecule has 0 bridgehead atoms. The van der Waals surface area contributed by atoms with Crippen molar-refractivity contribution < 1.29 is 14.3 Å². The highest BCUT2D eigenvalue weighted by molar-refractivity contribution is 5.88. The third-order valence-electron chi connectivity index (χ3n) is 5.99. The van der Waals surface area contributed by atoms with Crippen molar-refractivity contribution in [1.82, 2.24) is 10.2 Å². The molecule has 2 aromatic carbocycles. The Hall–Kier alpha value is -2.82. The van der Waals surface area contributed by atoms with E-state index in [2.05, 4.69) is 11.4 Å². The van der Waals surface area contributed by atoms with Crippen molar-refractivity contribution in [3.8, 4) is 5.75 Å². The predicted molar refractivity (Wildman–Crippen MR) is 130 cm³/mol. The van der Waals surface area contributed by atoms with Crippen molar-refractivity contribution in [3.05, 3.63) is 64.7 Å². The van der Waals surface area contributed by atoms with Gasteiger partial charge in [-0.1, -0.05) is 50.2 Å². The van der Waals surface area contributed by atoms with E-state index in [1.807, 2.05) is 77.9 Å². The molecule has 0 aromatic heterocycles. The molecule has 0 aliphatic rings. The molecule has 1 N–H and O–H groups in total. The molecule has 0 saturated heterocycles. The molecule has 32 heavy (non-hydrogen) atoms. The number of ether oxygens (including phenoxy) is 1. The summed E-state index contributed by atoms with van der Waals surface area (Å²) < 4.78 is 5.95. The van der Waals surface area contributed by atoms with Crippen LogP contribution in [0.1, 0.15) is 55.9 Å². The van der Waals surface area contributed by atoms with E-state index in [-0.39, 0.29) is 24.5 Å². The van der Waals surface area contributed by atoms with E-state index in [0.29, 0.717) is 19.4 Å². The van der Waals surface area contributed by atoms with Gasteiger partial charge in [0.2, 0.25) is 5.91 Å². The van der Waals surface area contributed by atoms with Gasteiger partial charge in [-0.05, 0) is 75.3 Å². The second-order valence-corrected chi connectivity index (χ2v) is 8.56. The van der Waals surface area contributed by atoms with Crippen molar-refractivity contribution >= 4 is 11.8 Å². The monoisotopic (exact) mass is 438 g/mol. The Balaban J connectivity index is 2.19. The average molecular weight is 439 g/mol. The summed E-state index contributed by atoms with van der Waals surface area (Å²) in [4.78, 5) is 28.0. The summed E-state index contributed by atoms with van der Waals surface area (Å²) >= 11 is 0. The maximum absolute atomic E-state index is 13.3. The van der Waals surface area contributed by atoms with Gasteiger partial charge in [-0.15, -0.1) is 0 Å². The molecular weight excluding hydrogens is 400 g/mol. The molecule has 0 aliphatic carbocycles. The van der Waals surface area contributed by atoms with Crippen LogP contribution in [0.15, 0.2) is 42.5 Å². The number of carbonyl (C=O) groups is 2. The summed E-state index contributed by atoms with van der Waals surface area (Å²) in [5, 5.41) is 3.04. The van der Waals surface area contributed by atoms with E-state index in [4.69, 9.17) is 4.74 Å². The minimum Gasteiger partial charge on any atom is -0.483 e. The third-order valence-corrected chi connectivity index (χ3v) is 5.99. The molecule has 0 saturated carbocycles. The number of hydrogen-bond donors (Lipinski definition) is 1. The number of nitrogens with zero attached hydrogens (tertiary/aromatic N) is 1. The Morgan fingerprint density at radius 1 is 1.03 bits per heavy atom. The Morgan fingerprint density at radius 2 is 1.72 bits per heavy atom. The molecule has 2 rings (SSSR count). The fraction of sp³-hybridized carbons (Fsp3) is 0.481. The van der Waals surface area contributed by atoms with Crippen LogP contribution in [0.25, 0.3) is 0 Å². The molecule has 0 spiro atoms. The second kappa shape index (κ2) is 12.3. The minimum absolute atomic E-state index is 0.0665. The molecule has 174 valence electrons. The molecule has 5 nitrogen and oxygen atoms in total. The van der Waals surface area contributed by atoms with Crippen molar-refractivity contribution in [2.75, 3.05) is 13.2 Å². The molecule has 2 amide bonds. The van der Waals surface area contributed by atoms with Crippen LogP contribution in [0.3, 0.4) is 0 Å². The number of carbonyl (C=O) groups excluding carboxylic acids is 2. The average Bonchev–Trinajstić information content (AvgIpc) is 2.78. The van der Waals surface area contributed by atoms with Crippen LogP contribution < -0.4 is 10.1 Å². The highest BCUT2D eigenvalue weighted by Gasteiger charge is 2.29. The summed E-state index contributed by atoms with van der Waals surface area (Å²) in [6, 6.07) is 13.6. The lowest BCUT2D eigenvalue weighted by molar-refractivity contribution is -0.142. The van der Waals surface area contributed by atoms with Crippen molar-refractivity contribution in [2.45, 2.75) is 72.9 Å². The first-order chi connectivity index (χ1) is 15.3. The third kappa shape index (κ3) is 7.11. The van der Waals surface area contributed by atoms with Gasteiger partial charge in [0.15, 0.2) is 6.61 Å². The lowest BCUT2D eigenvalue weighted by Crippen LogP contribution is -2.52. The molecule has 0 fully saturated rings. The van der Waals surface area contributed by atoms with Crippen LogP contribution in [0.5, 0.6) is 5.75 Å². The summed E-state index contributed by atoms with van der Waals surface area (Å²) in [5.41, 5.74) is 4.39. The van der Waals surface area contributed by atoms with Crippen LogP contribution >= 0.6 is 0 Å². The maximum Gasteiger partial charge on any atom is 0.261 e. The van der Waals surface area contributed by atoms with Crippen molar-refractivity contribution in [3.63, 3.8) is 0 Å². The quantitative estimate of drug-likeness (QED) is 0.550. The summed E-state index contributed by atoms with van der Waals surface area (Å²) in [6.07, 6.45) is 2.07. The van der Waals surface area contributed by atoms with E-state index in [0.717, 1.165) is 34.4 Å². The topological polar surface area (TPSA) is 58.6 Å². The van der Waals surface area contributed by atoms with Crippen LogP contribution in [0.2, 0.25) is 0 Å². The second-order valence-electron chi connectivity index (χ2n) is 8.56. The number of amides is 2. The summed E-state index contributed by atoms with van der Waals surface area (Å²) in [7, 11) is 0. The normalized spacial score (nSPS) is 12.7. The van der Waals surface area contributed by atoms with E-state index in [1.54, 1.807) is 4.90 Å². The zero-order valence-electron chi connectivity index (χ0n) is 20.4. The smallest absolute Gasteiger partial charge is 0.261 e. The van der Waals surface area contributed by atoms with E-state index < -0.39 is 6.04 Å². The maximum atomic E-state index is 13.3. The Kier molecular flexibility index (Phi) is 9.76. The van der Waals surface area contributed by atoms with Crippen LogP contribution in [-0.4, -0.2) is 41.9 Å². The van der Waals surface area contributed by atoms with Crippen molar-refractivity contribution in [1.29, 1.82) is 0 Å². The van der Waals surface area contributed by atoms with Gasteiger partial charge in [0.25, 0.3) is 5.91 Å². The number of rotatable bonds is 11. The Bertz CT molecular complexity index is 895. The Morgan fingerprint density at radius 3 is 2.34 bits per heavy atom. The predicted octanol–water partition coefficient (Wildman–Crippen LogP) is 4.76. The van der Waals surface area contributed by atoms with Gasteiger partial charge in [0.05, 0.1) is 0 Å². The van der Waals surface area contributed by atoms with E-state index in [9.17, 15) is 9.59 Å². The van der Waals surface area contributed by atoms with Gasteiger partial charge in [-0.25, -0.2) is 0 Å². The highest BCUT2D eigenvalue weighted by Crippen LogP contribution is 2.23. The van der Waals surface area contributed by atoms with E-state index >= 15 is 0 Å². The SMILES string of the molecule is CC[C@@H](C)NC(=O)[C@@H](CC)N(CCc1ccccc1)C(=O)COc1cc(C)cc(C)c1C. The molecule has 0 aliphatic heterocycles. The Labute approximate surface area is 193 Å². The minimum atomic E-state index is -0.524. The number of hydrogen-bond acceptors (Lipinski definition) is 3. The molecular formula is C27H38N2O3. The molecule has 0 radical (unpaired) electrons. The van der Waals surface area contributed by atoms with Gasteiger partial charge in [-0.3, -0.25) is 9.59 Å². The number of benzene rings is 2. The molecule has 0 unspecified atom stereocenters. The van der Waals surface area contributed by atoms with Gasteiger partial charge in [-0.2, -0.15) is 0 Å². The first-order valence-corrected chi connectivity index (χ1v) is 11.6. The molecule has 2 atom stereocenters. The zero-order valence-corrected chi connectivity index (χ0v) is 20.4. The van der Waals surface area contributed by atoms with Crippen LogP contribution in [-0.2, 0) is 16.0 Å². The molecule has 2 aromatic rings. The molecule has 0 heterocycles. The lowest BCUT2D eigenvalue weighted by atomic mass is 10.1. The first-order valence-electron chi connectivity index (χ1n) is 11.6. The fourth-order valence-corrected chi connectivity index (χ4v) is 3.71. The molecule has 5 heteroatoms. The fourth-order valence-electron chi connectivity index (χ4n) is 3.71. The number of aryl methyl sites for hydroxylation is 2. The number of nitrogens with one attached hydrogen (secondary N) is 1.